The van der Waals surface area contributed by atoms with Crippen LogP contribution in [-0.4, -0.2) is 44.1 Å². The first kappa shape index (κ1) is 15.2. The Morgan fingerprint density at radius 2 is 2.05 bits per heavy atom. The Labute approximate surface area is 112 Å². The molecular formula is C13H19NO5. The Hall–Kier alpha value is -1.82. The van der Waals surface area contributed by atoms with E-state index in [1.54, 1.807) is 6.07 Å². The molecular weight excluding hydrogens is 250 g/mol. The number of esters is 2. The molecule has 0 aromatic carbocycles. The maximum atomic E-state index is 11.5. The predicted molar refractivity (Wildman–Crippen MR) is 67.6 cm³/mol. The number of hydrogen-bond acceptors (Lipinski definition) is 6. The van der Waals surface area contributed by atoms with Gasteiger partial charge in [0.15, 0.2) is 0 Å². The summed E-state index contributed by atoms with van der Waals surface area (Å²) in [5.74, 6) is -0.540. The summed E-state index contributed by atoms with van der Waals surface area (Å²) in [5.41, 5.74) is 0.749. The van der Waals surface area contributed by atoms with Crippen molar-refractivity contribution in [2.24, 2.45) is 0 Å². The van der Waals surface area contributed by atoms with Crippen molar-refractivity contribution in [3.63, 3.8) is 0 Å². The zero-order chi connectivity index (χ0) is 14.3. The summed E-state index contributed by atoms with van der Waals surface area (Å²) in [7, 11) is 2.67. The third-order valence-corrected chi connectivity index (χ3v) is 2.82. The SMILES string of the molecule is CCN(CCC(=O)OC)Cc1ccoc1C(=O)OC. The Morgan fingerprint density at radius 1 is 1.32 bits per heavy atom. The molecule has 0 bridgehead atoms. The number of rotatable bonds is 7. The molecule has 0 atom stereocenters. The van der Waals surface area contributed by atoms with Crippen LogP contribution in [0.4, 0.5) is 0 Å². The lowest BCUT2D eigenvalue weighted by Crippen LogP contribution is -2.26. The van der Waals surface area contributed by atoms with E-state index in [4.69, 9.17) is 4.42 Å². The van der Waals surface area contributed by atoms with Crippen LogP contribution in [0.1, 0.15) is 29.5 Å². The molecule has 0 aliphatic rings. The maximum absolute atomic E-state index is 11.5. The summed E-state index contributed by atoms with van der Waals surface area (Å²) in [6.45, 7) is 3.82. The summed E-state index contributed by atoms with van der Waals surface area (Å²) >= 11 is 0. The molecule has 0 saturated heterocycles. The zero-order valence-electron chi connectivity index (χ0n) is 11.5. The fourth-order valence-electron chi connectivity index (χ4n) is 1.67. The van der Waals surface area contributed by atoms with Gasteiger partial charge in [-0.2, -0.15) is 0 Å². The lowest BCUT2D eigenvalue weighted by Gasteiger charge is -2.19. The zero-order valence-corrected chi connectivity index (χ0v) is 11.5. The molecule has 0 spiro atoms. The first-order valence-electron chi connectivity index (χ1n) is 6.06. The van der Waals surface area contributed by atoms with E-state index in [0.717, 1.165) is 12.1 Å². The topological polar surface area (TPSA) is 69.0 Å². The van der Waals surface area contributed by atoms with Gasteiger partial charge in [0.1, 0.15) is 0 Å². The van der Waals surface area contributed by atoms with Crippen LogP contribution >= 0.6 is 0 Å². The third kappa shape index (κ3) is 4.40. The van der Waals surface area contributed by atoms with Crippen molar-refractivity contribution in [1.82, 2.24) is 4.90 Å². The van der Waals surface area contributed by atoms with Crippen molar-refractivity contribution in [2.45, 2.75) is 19.9 Å². The average Bonchev–Trinajstić information content (AvgIpc) is 2.89. The molecule has 0 radical (unpaired) electrons. The lowest BCUT2D eigenvalue weighted by molar-refractivity contribution is -0.141. The second-order valence-electron chi connectivity index (χ2n) is 3.96. The van der Waals surface area contributed by atoms with E-state index >= 15 is 0 Å². The predicted octanol–water partition coefficient (Wildman–Crippen LogP) is 1.45. The smallest absolute Gasteiger partial charge is 0.374 e. The Balaban J connectivity index is 2.63. The highest BCUT2D eigenvalue weighted by Gasteiger charge is 2.18. The summed E-state index contributed by atoms with van der Waals surface area (Å²) < 4.78 is 14.4. The molecule has 0 unspecified atom stereocenters. The van der Waals surface area contributed by atoms with Gasteiger partial charge in [0.25, 0.3) is 0 Å². The van der Waals surface area contributed by atoms with Gasteiger partial charge in [-0.1, -0.05) is 6.92 Å². The molecule has 0 saturated carbocycles. The summed E-state index contributed by atoms with van der Waals surface area (Å²) in [4.78, 5) is 24.6. The van der Waals surface area contributed by atoms with Crippen molar-refractivity contribution < 1.29 is 23.5 Å². The third-order valence-electron chi connectivity index (χ3n) is 2.82. The van der Waals surface area contributed by atoms with E-state index in [1.807, 2.05) is 11.8 Å². The normalized spacial score (nSPS) is 10.5. The van der Waals surface area contributed by atoms with Gasteiger partial charge >= 0.3 is 11.9 Å². The number of ether oxygens (including phenoxy) is 2. The van der Waals surface area contributed by atoms with Crippen molar-refractivity contribution >= 4 is 11.9 Å². The van der Waals surface area contributed by atoms with Crippen molar-refractivity contribution in [2.75, 3.05) is 27.3 Å². The Bertz CT molecular complexity index is 426. The minimum absolute atomic E-state index is 0.207. The van der Waals surface area contributed by atoms with Crippen LogP contribution in [0.5, 0.6) is 0 Å². The molecule has 0 aliphatic heterocycles. The first-order chi connectivity index (χ1) is 9.12. The van der Waals surface area contributed by atoms with Crippen molar-refractivity contribution in [3.8, 4) is 0 Å². The van der Waals surface area contributed by atoms with Crippen LogP contribution in [0.15, 0.2) is 16.7 Å². The van der Waals surface area contributed by atoms with E-state index in [2.05, 4.69) is 9.47 Å². The molecule has 0 fully saturated rings. The Morgan fingerprint density at radius 3 is 2.63 bits per heavy atom. The van der Waals surface area contributed by atoms with Crippen LogP contribution in [0, 0.1) is 0 Å². The number of furan rings is 1. The molecule has 1 aromatic rings. The van der Waals surface area contributed by atoms with Crippen molar-refractivity contribution in [3.05, 3.63) is 23.7 Å². The van der Waals surface area contributed by atoms with Gasteiger partial charge in [0.2, 0.25) is 5.76 Å². The van der Waals surface area contributed by atoms with Gasteiger partial charge < -0.3 is 13.9 Å². The highest BCUT2D eigenvalue weighted by atomic mass is 16.5. The standard InChI is InChI=1S/C13H19NO5/c1-4-14(7-5-11(15)17-2)9-10-6-8-19-12(10)13(16)18-3/h6,8H,4-5,7,9H2,1-3H3. The molecule has 6 heteroatoms. The number of carbonyl (C=O) groups is 2. The average molecular weight is 269 g/mol. The van der Waals surface area contributed by atoms with E-state index in [1.165, 1.54) is 20.5 Å². The maximum Gasteiger partial charge on any atom is 0.374 e. The van der Waals surface area contributed by atoms with Gasteiger partial charge in [-0.25, -0.2) is 4.79 Å². The fourth-order valence-corrected chi connectivity index (χ4v) is 1.67. The molecule has 0 aliphatic carbocycles. The monoisotopic (exact) mass is 269 g/mol. The van der Waals surface area contributed by atoms with Crippen LogP contribution in [0.2, 0.25) is 0 Å². The van der Waals surface area contributed by atoms with E-state index in [-0.39, 0.29) is 11.7 Å². The second-order valence-corrected chi connectivity index (χ2v) is 3.96. The van der Waals surface area contributed by atoms with Crippen LogP contribution < -0.4 is 0 Å². The number of methoxy groups -OCH3 is 2. The molecule has 6 nitrogen and oxygen atoms in total. The molecule has 19 heavy (non-hydrogen) atoms. The van der Waals surface area contributed by atoms with Gasteiger partial charge in [-0.15, -0.1) is 0 Å². The minimum Gasteiger partial charge on any atom is -0.469 e. The quantitative estimate of drug-likeness (QED) is 0.698. The van der Waals surface area contributed by atoms with Gasteiger partial charge in [-0.3, -0.25) is 9.69 Å². The summed E-state index contributed by atoms with van der Waals surface area (Å²) in [6, 6.07) is 1.73. The van der Waals surface area contributed by atoms with E-state index in [0.29, 0.717) is 19.5 Å². The number of nitrogens with zero attached hydrogens (tertiary/aromatic N) is 1. The summed E-state index contributed by atoms with van der Waals surface area (Å²) in [6.07, 6.45) is 1.77. The molecule has 1 rings (SSSR count). The molecule has 1 aromatic heterocycles. The first-order valence-corrected chi connectivity index (χ1v) is 6.06. The molecule has 1 heterocycles. The van der Waals surface area contributed by atoms with E-state index in [9.17, 15) is 9.59 Å². The van der Waals surface area contributed by atoms with Crippen LogP contribution in [-0.2, 0) is 20.8 Å². The fraction of sp³-hybridized carbons (Fsp3) is 0.538. The van der Waals surface area contributed by atoms with Gasteiger partial charge in [0, 0.05) is 18.7 Å². The minimum atomic E-state index is -0.496. The molecule has 0 N–H and O–H groups in total. The van der Waals surface area contributed by atoms with E-state index < -0.39 is 5.97 Å². The van der Waals surface area contributed by atoms with Crippen LogP contribution in [0.3, 0.4) is 0 Å². The largest absolute Gasteiger partial charge is 0.469 e. The lowest BCUT2D eigenvalue weighted by atomic mass is 10.2. The number of hydrogen-bond donors (Lipinski definition) is 0. The van der Waals surface area contributed by atoms with Gasteiger partial charge in [-0.05, 0) is 12.6 Å². The Kier molecular flexibility index (Phi) is 6.08. The number of carbonyl (C=O) groups excluding carboxylic acids is 2. The van der Waals surface area contributed by atoms with Crippen molar-refractivity contribution in [1.29, 1.82) is 0 Å². The summed E-state index contributed by atoms with van der Waals surface area (Å²) in [5, 5.41) is 0. The van der Waals surface area contributed by atoms with Gasteiger partial charge in [0.05, 0.1) is 26.9 Å². The van der Waals surface area contributed by atoms with Crippen LogP contribution in [0.25, 0.3) is 0 Å². The second kappa shape index (κ2) is 7.58. The highest BCUT2D eigenvalue weighted by Crippen LogP contribution is 2.14. The highest BCUT2D eigenvalue weighted by molar-refractivity contribution is 5.87. The molecule has 106 valence electrons. The molecule has 0 amide bonds.